The van der Waals surface area contributed by atoms with Crippen LogP contribution < -0.4 is 9.47 Å². The summed E-state index contributed by atoms with van der Waals surface area (Å²) in [5.74, 6) is 1.46. The molecule has 0 N–H and O–H groups in total. The van der Waals surface area contributed by atoms with E-state index in [4.69, 9.17) is 9.47 Å². The first-order valence-electron chi connectivity index (χ1n) is 9.83. The lowest BCUT2D eigenvalue weighted by molar-refractivity contribution is -0.128. The second-order valence-corrected chi connectivity index (χ2v) is 6.98. The van der Waals surface area contributed by atoms with Crippen LogP contribution >= 0.6 is 0 Å². The van der Waals surface area contributed by atoms with Crippen molar-refractivity contribution in [1.29, 1.82) is 0 Å². The van der Waals surface area contributed by atoms with Crippen LogP contribution in [0.15, 0.2) is 78.9 Å². The van der Waals surface area contributed by atoms with Crippen molar-refractivity contribution in [3.05, 3.63) is 90.0 Å². The number of carbonyl (C=O) groups is 1. The lowest BCUT2D eigenvalue weighted by Crippen LogP contribution is -2.03. The van der Waals surface area contributed by atoms with Crippen molar-refractivity contribution >= 4 is 12.0 Å². The summed E-state index contributed by atoms with van der Waals surface area (Å²) in [6, 6.07) is 23.7. The van der Waals surface area contributed by atoms with Crippen LogP contribution in [0.5, 0.6) is 11.5 Å². The molecule has 0 aliphatic rings. The van der Waals surface area contributed by atoms with Gasteiger partial charge in [0.2, 0.25) is 0 Å². The van der Waals surface area contributed by atoms with Gasteiger partial charge in [0.15, 0.2) is 0 Å². The Balaban J connectivity index is 1.60. The van der Waals surface area contributed by atoms with Crippen LogP contribution in [0, 0.1) is 0 Å². The van der Waals surface area contributed by atoms with E-state index in [9.17, 15) is 4.79 Å². The Hall–Kier alpha value is -3.33. The van der Waals surface area contributed by atoms with Crippen LogP contribution in [0.2, 0.25) is 0 Å². The lowest BCUT2D eigenvalue weighted by Gasteiger charge is -2.10. The van der Waals surface area contributed by atoms with E-state index in [1.54, 1.807) is 13.2 Å². The first kappa shape index (κ1) is 20.4. The molecule has 0 saturated carbocycles. The van der Waals surface area contributed by atoms with Gasteiger partial charge < -0.3 is 9.47 Å². The van der Waals surface area contributed by atoms with Crippen molar-refractivity contribution in [2.24, 2.45) is 0 Å². The van der Waals surface area contributed by atoms with Gasteiger partial charge in [-0.3, -0.25) is 0 Å². The smallest absolute Gasteiger partial charge is 0.336 e. The highest BCUT2D eigenvalue weighted by molar-refractivity contribution is 5.88. The highest BCUT2D eigenvalue weighted by Gasteiger charge is 2.05. The minimum atomic E-state index is -0.411. The second-order valence-electron chi connectivity index (χ2n) is 6.98. The molecular formula is C26H26O3. The number of hydrogen-bond donors (Lipinski definition) is 0. The molecule has 0 bridgehead atoms. The Kier molecular flexibility index (Phi) is 6.85. The summed E-state index contributed by atoms with van der Waals surface area (Å²) in [4.78, 5) is 12.1. The van der Waals surface area contributed by atoms with Gasteiger partial charge in [0, 0.05) is 6.08 Å². The fourth-order valence-corrected chi connectivity index (χ4v) is 2.98. The first-order valence-corrected chi connectivity index (χ1v) is 9.83. The molecule has 3 aromatic carbocycles. The molecule has 0 amide bonds. The summed E-state index contributed by atoms with van der Waals surface area (Å²) >= 11 is 0. The van der Waals surface area contributed by atoms with Gasteiger partial charge in [0.25, 0.3) is 0 Å². The van der Waals surface area contributed by atoms with Crippen molar-refractivity contribution < 1.29 is 14.3 Å². The maximum Gasteiger partial charge on any atom is 0.336 e. The molecule has 0 aliphatic heterocycles. The molecule has 0 radical (unpaired) electrons. The Morgan fingerprint density at radius 2 is 1.41 bits per heavy atom. The van der Waals surface area contributed by atoms with Gasteiger partial charge in [0.05, 0.1) is 7.11 Å². The number of carbonyl (C=O) groups excluding carboxylic acids is 1. The van der Waals surface area contributed by atoms with Crippen LogP contribution in [0.25, 0.3) is 17.2 Å². The number of hydrogen-bond acceptors (Lipinski definition) is 3. The van der Waals surface area contributed by atoms with Crippen LogP contribution in [-0.2, 0) is 4.79 Å². The molecule has 0 spiro atoms. The van der Waals surface area contributed by atoms with E-state index in [2.05, 4.69) is 38.1 Å². The van der Waals surface area contributed by atoms with Gasteiger partial charge in [-0.2, -0.15) is 0 Å². The Labute approximate surface area is 172 Å². The van der Waals surface area contributed by atoms with E-state index in [0.29, 0.717) is 11.7 Å². The van der Waals surface area contributed by atoms with Gasteiger partial charge in [-0.05, 0) is 64.9 Å². The molecule has 1 unspecified atom stereocenters. The van der Waals surface area contributed by atoms with Gasteiger partial charge in [-0.1, -0.05) is 62.4 Å². The lowest BCUT2D eigenvalue weighted by atomic mass is 9.96. The highest BCUT2D eigenvalue weighted by Crippen LogP contribution is 2.26. The number of ether oxygens (including phenoxy) is 2. The second kappa shape index (κ2) is 9.74. The molecule has 3 heteroatoms. The average molecular weight is 386 g/mol. The third-order valence-corrected chi connectivity index (χ3v) is 5.03. The minimum absolute atomic E-state index is 0.411. The Bertz CT molecular complexity index is 952. The van der Waals surface area contributed by atoms with E-state index in [-0.39, 0.29) is 0 Å². The molecule has 0 aromatic heterocycles. The van der Waals surface area contributed by atoms with Gasteiger partial charge in [-0.15, -0.1) is 0 Å². The Morgan fingerprint density at radius 1 is 0.862 bits per heavy atom. The predicted octanol–water partition coefficient (Wildman–Crippen LogP) is 6.49. The monoisotopic (exact) mass is 386 g/mol. The molecule has 0 fully saturated rings. The van der Waals surface area contributed by atoms with E-state index >= 15 is 0 Å². The summed E-state index contributed by atoms with van der Waals surface area (Å²) in [5, 5.41) is 0. The topological polar surface area (TPSA) is 35.5 Å². The van der Waals surface area contributed by atoms with Crippen molar-refractivity contribution in [1.82, 2.24) is 0 Å². The van der Waals surface area contributed by atoms with Crippen LogP contribution in [0.1, 0.15) is 37.3 Å². The molecule has 148 valence electrons. The highest BCUT2D eigenvalue weighted by atomic mass is 16.5. The minimum Gasteiger partial charge on any atom is -0.497 e. The standard InChI is InChI=1S/C26H26O3/c1-4-19(2)21-8-10-22(11-9-21)23-12-16-25(17-13-23)29-26(27)18-7-20-5-14-24(28-3)15-6-20/h5-19H,4H2,1-3H3/b18-7+. The third-order valence-electron chi connectivity index (χ3n) is 5.03. The molecular weight excluding hydrogens is 360 g/mol. The summed E-state index contributed by atoms with van der Waals surface area (Å²) in [5.41, 5.74) is 4.49. The molecule has 0 saturated heterocycles. The number of benzene rings is 3. The van der Waals surface area contributed by atoms with Gasteiger partial charge in [-0.25, -0.2) is 4.79 Å². The quantitative estimate of drug-likeness (QED) is 0.264. The first-order chi connectivity index (χ1) is 14.1. The largest absolute Gasteiger partial charge is 0.497 e. The molecule has 29 heavy (non-hydrogen) atoms. The molecule has 1 atom stereocenters. The zero-order valence-corrected chi connectivity index (χ0v) is 17.1. The molecule has 3 rings (SSSR count). The molecule has 0 heterocycles. The van der Waals surface area contributed by atoms with Crippen LogP contribution in [0.4, 0.5) is 0 Å². The third kappa shape index (κ3) is 5.58. The fraction of sp³-hybridized carbons (Fsp3) is 0.192. The predicted molar refractivity (Wildman–Crippen MR) is 118 cm³/mol. The Morgan fingerprint density at radius 3 is 1.97 bits per heavy atom. The van der Waals surface area contributed by atoms with E-state index < -0.39 is 5.97 Å². The van der Waals surface area contributed by atoms with Gasteiger partial charge in [0.1, 0.15) is 11.5 Å². The molecule has 0 aliphatic carbocycles. The number of methoxy groups -OCH3 is 1. The summed E-state index contributed by atoms with van der Waals surface area (Å²) in [6.45, 7) is 4.44. The van der Waals surface area contributed by atoms with E-state index in [0.717, 1.165) is 28.9 Å². The molecule has 3 nitrogen and oxygen atoms in total. The zero-order chi connectivity index (χ0) is 20.6. The maximum atomic E-state index is 12.1. The van der Waals surface area contributed by atoms with E-state index in [1.807, 2.05) is 48.5 Å². The zero-order valence-electron chi connectivity index (χ0n) is 17.1. The van der Waals surface area contributed by atoms with Crippen LogP contribution in [-0.4, -0.2) is 13.1 Å². The maximum absolute atomic E-state index is 12.1. The van der Waals surface area contributed by atoms with Crippen LogP contribution in [0.3, 0.4) is 0 Å². The number of esters is 1. The summed E-state index contributed by atoms with van der Waals surface area (Å²) in [6.07, 6.45) is 4.27. The number of rotatable bonds is 7. The van der Waals surface area contributed by atoms with E-state index in [1.165, 1.54) is 11.6 Å². The average Bonchev–Trinajstić information content (AvgIpc) is 2.78. The van der Waals surface area contributed by atoms with Crippen molar-refractivity contribution in [3.63, 3.8) is 0 Å². The SMILES string of the molecule is CCC(C)c1ccc(-c2ccc(OC(=O)/C=C/c3ccc(OC)cc3)cc2)cc1. The molecule has 3 aromatic rings. The van der Waals surface area contributed by atoms with Crippen molar-refractivity contribution in [2.45, 2.75) is 26.2 Å². The van der Waals surface area contributed by atoms with Crippen molar-refractivity contribution in [3.8, 4) is 22.6 Å². The van der Waals surface area contributed by atoms with Crippen molar-refractivity contribution in [2.75, 3.05) is 7.11 Å². The fourth-order valence-electron chi connectivity index (χ4n) is 2.98. The van der Waals surface area contributed by atoms with Gasteiger partial charge >= 0.3 is 5.97 Å². The summed E-state index contributed by atoms with van der Waals surface area (Å²) < 4.78 is 10.5. The summed E-state index contributed by atoms with van der Waals surface area (Å²) in [7, 11) is 1.62. The normalized spacial score (nSPS) is 12.0.